The second-order valence-corrected chi connectivity index (χ2v) is 35.8. The maximum absolute atomic E-state index is 12.0. The van der Waals surface area contributed by atoms with Crippen LogP contribution in [0.25, 0.3) is 0 Å². The number of carbonyl (C=O) groups is 6. The van der Waals surface area contributed by atoms with Gasteiger partial charge in [0, 0.05) is 0 Å². The molecule has 0 aliphatic carbocycles. The molecule has 0 amide bonds. The molecule has 0 aromatic carbocycles. The fraction of sp³-hybridized carbons (Fsp3) is 0.500. The number of hydrogen-bond donors (Lipinski definition) is 6. The molecule has 0 aromatic rings. The van der Waals surface area contributed by atoms with E-state index in [1.165, 1.54) is 0 Å². The molecular formula is C12H12O12S4Sb2. The number of carboxylic acids is 6. The first-order valence-electron chi connectivity index (χ1n) is 7.49. The molecule has 6 atom stereocenters. The number of carboxylic acid groups (broad SMARTS) is 6. The first-order chi connectivity index (χ1) is 13.9. The Kier molecular flexibility index (Phi) is 9.27. The van der Waals surface area contributed by atoms with Crippen molar-refractivity contribution in [2.45, 2.75) is 28.7 Å². The van der Waals surface area contributed by atoms with Gasteiger partial charge in [0.15, 0.2) is 0 Å². The summed E-state index contributed by atoms with van der Waals surface area (Å²) in [6.45, 7) is 0. The molecule has 166 valence electrons. The zero-order valence-electron chi connectivity index (χ0n) is 14.1. The summed E-state index contributed by atoms with van der Waals surface area (Å²) in [5.74, 6) is -8.79. The molecule has 0 saturated carbocycles. The number of aliphatic carboxylic acids is 6. The van der Waals surface area contributed by atoms with Crippen molar-refractivity contribution < 1.29 is 59.4 Å². The Morgan fingerprint density at radius 2 is 0.700 bits per heavy atom. The molecule has 2 saturated heterocycles. The summed E-state index contributed by atoms with van der Waals surface area (Å²) in [5, 5.41) is 50.9. The quantitative estimate of drug-likeness (QED) is 0.168. The summed E-state index contributed by atoms with van der Waals surface area (Å²) in [6.07, 6.45) is 0. The minimum absolute atomic E-state index is 0.710. The van der Waals surface area contributed by atoms with Crippen LogP contribution in [0.3, 0.4) is 0 Å². The van der Waals surface area contributed by atoms with Crippen LogP contribution in [0.2, 0.25) is 7.73 Å². The normalized spacial score (nSPS) is 29.2. The van der Waals surface area contributed by atoms with Crippen molar-refractivity contribution >= 4 is 106 Å². The van der Waals surface area contributed by atoms with Crippen LogP contribution in [0.1, 0.15) is 0 Å². The van der Waals surface area contributed by atoms with E-state index in [1.807, 2.05) is 0 Å². The fourth-order valence-electron chi connectivity index (χ4n) is 2.36. The van der Waals surface area contributed by atoms with Gasteiger partial charge in [-0.15, -0.1) is 0 Å². The Labute approximate surface area is 192 Å². The second-order valence-electron chi connectivity index (χ2n) is 5.59. The van der Waals surface area contributed by atoms with E-state index in [-0.39, 0.29) is 0 Å². The third kappa shape index (κ3) is 5.61. The molecule has 12 nitrogen and oxygen atoms in total. The average molecular weight is 720 g/mol. The molecule has 0 radical (unpaired) electrons. The van der Waals surface area contributed by atoms with Crippen LogP contribution in [-0.4, -0.2) is 122 Å². The Morgan fingerprint density at radius 3 is 0.833 bits per heavy atom. The fourth-order valence-corrected chi connectivity index (χ4v) is 59.6. The molecule has 2 aliphatic rings. The Morgan fingerprint density at radius 1 is 0.500 bits per heavy atom. The Hall–Kier alpha value is -0.144. The number of hydrogen-bond acceptors (Lipinski definition) is 10. The predicted molar refractivity (Wildman–Crippen MR) is 110 cm³/mol. The van der Waals surface area contributed by atoms with Crippen LogP contribution < -0.4 is 0 Å². The van der Waals surface area contributed by atoms with Gasteiger partial charge in [0.1, 0.15) is 0 Å². The van der Waals surface area contributed by atoms with Gasteiger partial charge in [-0.2, -0.15) is 0 Å². The van der Waals surface area contributed by atoms with Gasteiger partial charge in [0.2, 0.25) is 0 Å². The molecule has 30 heavy (non-hydrogen) atoms. The molecule has 0 spiro atoms. The third-order valence-electron chi connectivity index (χ3n) is 3.65. The van der Waals surface area contributed by atoms with Crippen LogP contribution >= 0.6 is 35.4 Å². The summed E-state index contributed by atoms with van der Waals surface area (Å²) >= 11 is -6.94. The Bertz CT molecular complexity index is 687. The molecule has 2 heterocycles. The molecule has 2 rings (SSSR count). The van der Waals surface area contributed by atoms with Crippen LogP contribution in [0.5, 0.6) is 0 Å². The molecule has 6 unspecified atom stereocenters. The van der Waals surface area contributed by atoms with E-state index in [9.17, 15) is 59.4 Å². The van der Waals surface area contributed by atoms with Gasteiger partial charge < -0.3 is 0 Å². The predicted octanol–water partition coefficient (Wildman–Crippen LogP) is -0.355. The van der Waals surface area contributed by atoms with Gasteiger partial charge in [0.25, 0.3) is 0 Å². The molecule has 0 bridgehead atoms. The van der Waals surface area contributed by atoms with Gasteiger partial charge in [-0.1, -0.05) is 0 Å². The van der Waals surface area contributed by atoms with E-state index in [4.69, 9.17) is 0 Å². The first-order valence-corrected chi connectivity index (χ1v) is 26.3. The van der Waals surface area contributed by atoms with Crippen molar-refractivity contribution in [2.75, 3.05) is 0 Å². The van der Waals surface area contributed by atoms with E-state index < -0.39 is 99.4 Å². The van der Waals surface area contributed by atoms with Crippen molar-refractivity contribution in [3.63, 3.8) is 0 Å². The summed E-state index contributed by atoms with van der Waals surface area (Å²) in [4.78, 5) is 69.6. The van der Waals surface area contributed by atoms with E-state index in [1.54, 1.807) is 0 Å². The van der Waals surface area contributed by atoms with Crippen LogP contribution in [-0.2, 0) is 28.8 Å². The molecule has 0 aromatic heterocycles. The van der Waals surface area contributed by atoms with Gasteiger partial charge in [0.05, 0.1) is 0 Å². The molecule has 2 aliphatic heterocycles. The van der Waals surface area contributed by atoms with E-state index in [2.05, 4.69) is 0 Å². The minimum atomic E-state index is -3.47. The SMILES string of the molecule is O=C(O)C1[S][Sb]([CH](C(=O)O)[CH](C(=O)O)[Sb]2[S]C(C(=O)O)C(C(=O)O)[S]2)[S]C1C(=O)O. The van der Waals surface area contributed by atoms with Crippen molar-refractivity contribution in [3.05, 3.63) is 0 Å². The van der Waals surface area contributed by atoms with E-state index in [0.717, 1.165) is 0 Å². The summed E-state index contributed by atoms with van der Waals surface area (Å²) in [7, 11) is 2.84. The zero-order chi connectivity index (χ0) is 22.9. The molecule has 6 N–H and O–H groups in total. The number of rotatable bonds is 9. The Balaban J connectivity index is 2.38. The van der Waals surface area contributed by atoms with Gasteiger partial charge in [-0.05, 0) is 0 Å². The molecule has 18 heteroatoms. The topological polar surface area (TPSA) is 224 Å². The van der Waals surface area contributed by atoms with Gasteiger partial charge in [-0.25, -0.2) is 0 Å². The van der Waals surface area contributed by atoms with Crippen molar-refractivity contribution in [3.8, 4) is 0 Å². The second kappa shape index (κ2) is 10.6. The van der Waals surface area contributed by atoms with Crippen molar-refractivity contribution in [1.82, 2.24) is 0 Å². The first kappa shape index (κ1) is 26.1. The van der Waals surface area contributed by atoms with Crippen LogP contribution in [0.15, 0.2) is 0 Å². The van der Waals surface area contributed by atoms with Crippen LogP contribution in [0, 0.1) is 0 Å². The maximum atomic E-state index is 12.0. The molecular weight excluding hydrogens is 708 g/mol. The summed E-state index contributed by atoms with van der Waals surface area (Å²) in [6, 6.07) is 0. The summed E-state index contributed by atoms with van der Waals surface area (Å²) < 4.78 is -3.06. The van der Waals surface area contributed by atoms with Gasteiger partial charge >= 0.3 is 194 Å². The average Bonchev–Trinajstić information content (AvgIpc) is 3.23. The summed E-state index contributed by atoms with van der Waals surface area (Å²) in [5.41, 5.74) is 0. The monoisotopic (exact) mass is 718 g/mol. The van der Waals surface area contributed by atoms with Crippen molar-refractivity contribution in [2.24, 2.45) is 0 Å². The van der Waals surface area contributed by atoms with Crippen LogP contribution in [0.4, 0.5) is 0 Å². The zero-order valence-corrected chi connectivity index (χ0v) is 22.5. The van der Waals surface area contributed by atoms with E-state index in [0.29, 0.717) is 35.4 Å². The van der Waals surface area contributed by atoms with E-state index >= 15 is 0 Å². The van der Waals surface area contributed by atoms with Crippen molar-refractivity contribution in [1.29, 1.82) is 0 Å². The standard InChI is InChI=1S/2C4H6O4S2.C4H4O4.2Sb/c2*5-3(6)1(9)2(10)4(7)8;5-3(6)1-2-4(7)8;;/h2*1-2,9-10H,(H,5,6)(H,7,8);1-2H,(H,5,6)(H,7,8);;/q;;;2*+2/p-4. The van der Waals surface area contributed by atoms with Gasteiger partial charge in [-0.3, -0.25) is 0 Å². The third-order valence-corrected chi connectivity index (χ3v) is 43.2. The molecule has 2 fully saturated rings.